The third kappa shape index (κ3) is 6.49. The third-order valence-electron chi connectivity index (χ3n) is 1.58. The first-order chi connectivity index (χ1) is 5.39. The van der Waals surface area contributed by atoms with Gasteiger partial charge in [-0.15, -0.1) is 20.0 Å². The van der Waals surface area contributed by atoms with E-state index in [1.165, 1.54) is 12.8 Å². The zero-order chi connectivity index (χ0) is 7.94. The number of ether oxygens (including phenoxy) is 2. The van der Waals surface area contributed by atoms with Gasteiger partial charge in [0.25, 0.3) is 0 Å². The molecule has 0 N–H and O–H groups in total. The van der Waals surface area contributed by atoms with E-state index in [0.717, 1.165) is 26.3 Å². The average molecular weight is 246 g/mol. The second-order valence-corrected chi connectivity index (χ2v) is 2.57. The van der Waals surface area contributed by atoms with E-state index in [1.807, 2.05) is 6.92 Å². The van der Waals surface area contributed by atoms with Crippen LogP contribution < -0.4 is 0 Å². The summed E-state index contributed by atoms with van der Waals surface area (Å²) < 4.78 is 9.69. The van der Waals surface area contributed by atoms with Crippen LogP contribution in [0, 0.1) is 6.29 Å². The van der Waals surface area contributed by atoms with Gasteiger partial charge < -0.3 is 14.8 Å². The Hall–Kier alpha value is 0.984. The molecule has 0 aromatic rings. The molecule has 0 bridgehead atoms. The van der Waals surface area contributed by atoms with E-state index >= 15 is 0 Å². The van der Waals surface area contributed by atoms with Crippen molar-refractivity contribution < 1.29 is 42.2 Å². The predicted octanol–water partition coefficient (Wildman–Crippen LogP) is 1.69. The summed E-state index contributed by atoms with van der Waals surface area (Å²) in [4.78, 5) is 0. The summed E-state index contributed by atoms with van der Waals surface area (Å²) in [6.45, 7) is 5.52. The molecule has 2 aliphatic heterocycles. The van der Waals surface area contributed by atoms with Gasteiger partial charge in [0.2, 0.25) is 0 Å². The minimum absolute atomic E-state index is 0. The normalized spacial score (nSPS) is 22.8. The van der Waals surface area contributed by atoms with E-state index in [2.05, 4.69) is 5.32 Å². The zero-order valence-corrected chi connectivity index (χ0v) is 10.4. The van der Waals surface area contributed by atoms with Crippen LogP contribution in [0.25, 0.3) is 5.32 Å². The van der Waals surface area contributed by atoms with Crippen molar-refractivity contribution in [3.05, 3.63) is 11.6 Å². The van der Waals surface area contributed by atoms with Crippen molar-refractivity contribution in [3.8, 4) is 0 Å². The minimum atomic E-state index is 0. The second kappa shape index (κ2) is 8.58. The van der Waals surface area contributed by atoms with Gasteiger partial charge in [-0.2, -0.15) is 0 Å². The quantitative estimate of drug-likeness (QED) is 0.609. The Bertz CT molecular complexity index is 85.4. The van der Waals surface area contributed by atoms with Crippen LogP contribution in [0.1, 0.15) is 19.8 Å². The van der Waals surface area contributed by atoms with Gasteiger partial charge in [-0.1, -0.05) is 19.1 Å². The first-order valence-corrected chi connectivity index (χ1v) is 4.12. The van der Waals surface area contributed by atoms with E-state index in [1.54, 1.807) is 0 Å². The molecule has 0 amide bonds. The van der Waals surface area contributed by atoms with Gasteiger partial charge in [0.15, 0.2) is 0 Å². The van der Waals surface area contributed by atoms with Crippen molar-refractivity contribution >= 4 is 0 Å². The molecule has 12 heavy (non-hydrogen) atoms. The Labute approximate surface area is 99.4 Å². The Morgan fingerprint density at radius 3 is 1.75 bits per heavy atom. The molecule has 0 aromatic carbocycles. The fourth-order valence-electron chi connectivity index (χ4n) is 0.971. The molecule has 2 saturated heterocycles. The maximum Gasteiger partial charge on any atom is 3.00 e. The van der Waals surface area contributed by atoms with Crippen LogP contribution in [-0.2, 0) is 42.2 Å². The Morgan fingerprint density at radius 2 is 1.58 bits per heavy atom. The summed E-state index contributed by atoms with van der Waals surface area (Å²) >= 11 is 0. The van der Waals surface area contributed by atoms with Gasteiger partial charge in [-0.05, 0) is 0 Å². The van der Waals surface area contributed by atoms with E-state index < -0.39 is 0 Å². The van der Waals surface area contributed by atoms with Crippen molar-refractivity contribution in [2.24, 2.45) is 0 Å². The van der Waals surface area contributed by atoms with Gasteiger partial charge in [-0.3, -0.25) is 0 Å². The molecule has 66 valence electrons. The predicted molar refractivity (Wildman–Crippen MR) is 43.1 cm³/mol. The first kappa shape index (κ1) is 13.0. The molecule has 2 heterocycles. The van der Waals surface area contributed by atoms with Crippen LogP contribution in [0.4, 0.5) is 0 Å². The number of hydrogen-bond acceptors (Lipinski definition) is 2. The van der Waals surface area contributed by atoms with E-state index in [9.17, 15) is 0 Å². The second-order valence-electron chi connectivity index (χ2n) is 2.57. The molecule has 2 aliphatic rings. The summed E-state index contributed by atoms with van der Waals surface area (Å²) in [6.07, 6.45) is 3.37. The summed E-state index contributed by atoms with van der Waals surface area (Å²) in [6, 6.07) is 0. The molecule has 0 spiro atoms. The van der Waals surface area contributed by atoms with Crippen LogP contribution in [0.15, 0.2) is 0 Å². The first-order valence-electron chi connectivity index (χ1n) is 4.12. The molecule has 0 saturated carbocycles. The molecule has 4 heteroatoms. The Morgan fingerprint density at radius 1 is 1.08 bits per heavy atom. The van der Waals surface area contributed by atoms with Gasteiger partial charge in [0, 0.05) is 13.2 Å². The van der Waals surface area contributed by atoms with E-state index in [-0.39, 0.29) is 32.7 Å². The fraction of sp³-hybridized carbons (Fsp3) is 0.875. The monoisotopic (exact) mass is 246 g/mol. The Kier molecular flexibility index (Phi) is 9.28. The van der Waals surface area contributed by atoms with Crippen LogP contribution in [-0.4, -0.2) is 26.3 Å². The van der Waals surface area contributed by atoms with Crippen molar-refractivity contribution in [2.45, 2.75) is 19.8 Å². The number of rotatable bonds is 0. The Balaban J connectivity index is 0.000000189. The largest absolute Gasteiger partial charge is 3.00 e. The maximum absolute atomic E-state index is 4.85. The molecule has 2 rings (SSSR count). The molecule has 0 aromatic heterocycles. The van der Waals surface area contributed by atoms with E-state index in [0.29, 0.717) is 6.29 Å². The molecular weight excluding hydrogens is 231 g/mol. The maximum atomic E-state index is 4.85. The van der Waals surface area contributed by atoms with Gasteiger partial charge in [0.05, 0.1) is 0 Å². The number of hydrogen-bond donors (Lipinski definition) is 0. The van der Waals surface area contributed by atoms with Crippen molar-refractivity contribution in [1.82, 2.24) is 0 Å². The SMILES string of the molecule is C1CC[N-]C1.C[C-]1OCCO1.[Y+3]. The summed E-state index contributed by atoms with van der Waals surface area (Å²) in [5.41, 5.74) is 0. The minimum Gasteiger partial charge on any atom is -0.662 e. The molecule has 0 atom stereocenters. The standard InChI is InChI=1S/C4H8N.C4H7O2.Y/c1-2-4-5-3-1;1-4-5-2-3-6-4;/h1-4H2;2-3H2,1H3;/q2*-1;+3. The van der Waals surface area contributed by atoms with Gasteiger partial charge >= 0.3 is 32.7 Å². The van der Waals surface area contributed by atoms with E-state index in [4.69, 9.17) is 9.47 Å². The topological polar surface area (TPSA) is 32.6 Å². The fourth-order valence-corrected chi connectivity index (χ4v) is 0.971. The van der Waals surface area contributed by atoms with Crippen LogP contribution in [0.3, 0.4) is 0 Å². The van der Waals surface area contributed by atoms with Gasteiger partial charge in [0.1, 0.15) is 0 Å². The summed E-state index contributed by atoms with van der Waals surface area (Å²) in [5, 5.41) is 4.08. The third-order valence-corrected chi connectivity index (χ3v) is 1.58. The number of nitrogens with zero attached hydrogens (tertiary/aromatic N) is 1. The molecule has 0 aliphatic carbocycles. The van der Waals surface area contributed by atoms with Crippen molar-refractivity contribution in [1.29, 1.82) is 0 Å². The molecule has 2 fully saturated rings. The summed E-state index contributed by atoms with van der Waals surface area (Å²) in [5.74, 6) is 0. The van der Waals surface area contributed by atoms with Crippen LogP contribution in [0.5, 0.6) is 0 Å². The zero-order valence-electron chi connectivity index (χ0n) is 7.58. The summed E-state index contributed by atoms with van der Waals surface area (Å²) in [7, 11) is 0. The van der Waals surface area contributed by atoms with Crippen LogP contribution in [0.2, 0.25) is 0 Å². The van der Waals surface area contributed by atoms with Gasteiger partial charge in [-0.25, -0.2) is 0 Å². The molecular formula is C8H15NO2Y+. The van der Waals surface area contributed by atoms with Crippen molar-refractivity contribution in [2.75, 3.05) is 26.3 Å². The smallest absolute Gasteiger partial charge is 0.662 e. The molecule has 0 unspecified atom stereocenters. The molecule has 0 radical (unpaired) electrons. The molecule has 3 nitrogen and oxygen atoms in total. The van der Waals surface area contributed by atoms with Crippen molar-refractivity contribution in [3.63, 3.8) is 0 Å². The van der Waals surface area contributed by atoms with Crippen LogP contribution >= 0.6 is 0 Å². The average Bonchev–Trinajstić information content (AvgIpc) is 2.57.